The van der Waals surface area contributed by atoms with Crippen molar-refractivity contribution in [1.29, 1.82) is 0 Å². The monoisotopic (exact) mass is 471 g/mol. The van der Waals surface area contributed by atoms with Gasteiger partial charge in [0.05, 0.1) is 30.8 Å². The third-order valence-electron chi connectivity index (χ3n) is 5.18. The van der Waals surface area contributed by atoms with E-state index in [0.717, 1.165) is 75.8 Å². The lowest BCUT2D eigenvalue weighted by molar-refractivity contribution is 0.0320. The van der Waals surface area contributed by atoms with Crippen LogP contribution in [-0.2, 0) is 4.74 Å². The van der Waals surface area contributed by atoms with Crippen LogP contribution in [0.4, 0.5) is 11.4 Å². The second kappa shape index (κ2) is 15.9. The second-order valence-electron chi connectivity index (χ2n) is 7.79. The maximum atomic E-state index is 9.41. The lowest BCUT2D eigenvalue weighted by Crippen LogP contribution is -2.38. The van der Waals surface area contributed by atoms with E-state index in [2.05, 4.69) is 39.2 Å². The highest BCUT2D eigenvalue weighted by Crippen LogP contribution is 2.22. The van der Waals surface area contributed by atoms with E-state index < -0.39 is 0 Å². The molecular weight excluding hydrogens is 430 g/mol. The Labute approximate surface area is 204 Å². The highest BCUT2D eigenvalue weighted by molar-refractivity contribution is 5.80. The second-order valence-corrected chi connectivity index (χ2v) is 7.79. The zero-order valence-electron chi connectivity index (χ0n) is 21.2. The number of nitrogens with zero attached hydrogens (tertiary/aromatic N) is 4. The smallest absolute Gasteiger partial charge is 0.215 e. The van der Waals surface area contributed by atoms with E-state index in [0.29, 0.717) is 12.5 Å². The van der Waals surface area contributed by atoms with Crippen molar-refractivity contribution >= 4 is 17.6 Å². The van der Waals surface area contributed by atoms with Crippen molar-refractivity contribution in [1.82, 2.24) is 9.88 Å². The molecule has 0 bridgehead atoms. The molecule has 0 spiro atoms. The summed E-state index contributed by atoms with van der Waals surface area (Å²) in [5.41, 5.74) is 5.58. The number of phenolic OH excluding ortho intramolecular Hbond substituents is 1. The minimum absolute atomic E-state index is 0.222. The lowest BCUT2D eigenvalue weighted by atomic mass is 10.2. The van der Waals surface area contributed by atoms with E-state index >= 15 is 0 Å². The highest BCUT2D eigenvalue weighted by atomic mass is 16.5. The molecule has 0 aliphatic carbocycles. The van der Waals surface area contributed by atoms with E-state index in [4.69, 9.17) is 9.47 Å². The van der Waals surface area contributed by atoms with Crippen molar-refractivity contribution in [3.05, 3.63) is 42.1 Å². The van der Waals surface area contributed by atoms with Gasteiger partial charge in [0.1, 0.15) is 12.4 Å². The van der Waals surface area contributed by atoms with E-state index in [1.54, 1.807) is 30.5 Å². The van der Waals surface area contributed by atoms with Crippen LogP contribution in [0.1, 0.15) is 46.2 Å². The summed E-state index contributed by atoms with van der Waals surface area (Å²) in [5.74, 6) is 0.832. The number of aromatic nitrogens is 1. The van der Waals surface area contributed by atoms with Crippen LogP contribution in [0.2, 0.25) is 0 Å². The number of benzene rings is 1. The van der Waals surface area contributed by atoms with Crippen LogP contribution >= 0.6 is 0 Å². The number of phenols is 1. The Morgan fingerprint density at radius 2 is 1.79 bits per heavy atom. The maximum absolute atomic E-state index is 9.41. The number of aromatic hydroxyl groups is 1. The molecule has 1 aromatic carbocycles. The molecule has 0 unspecified atom stereocenters. The van der Waals surface area contributed by atoms with Gasteiger partial charge in [0.15, 0.2) is 0 Å². The average Bonchev–Trinajstić information content (AvgIpc) is 2.87. The molecule has 2 N–H and O–H groups in total. The van der Waals surface area contributed by atoms with Gasteiger partial charge in [0, 0.05) is 44.5 Å². The topological polar surface area (TPSA) is 82.5 Å². The lowest BCUT2D eigenvalue weighted by Gasteiger charge is -2.26. The molecule has 34 heavy (non-hydrogen) atoms. The Balaban J connectivity index is 0.00000199. The first kappa shape index (κ1) is 27.4. The van der Waals surface area contributed by atoms with Crippen LogP contribution < -0.4 is 15.1 Å². The minimum Gasteiger partial charge on any atom is -0.508 e. The molecule has 1 aliphatic heterocycles. The van der Waals surface area contributed by atoms with Crippen molar-refractivity contribution in [2.75, 3.05) is 62.9 Å². The molecule has 1 saturated heterocycles. The first-order valence-corrected chi connectivity index (χ1v) is 12.5. The number of nitrogens with one attached hydrogen (secondary N) is 1. The molecule has 3 rings (SSSR count). The number of hydrogen-bond donors (Lipinski definition) is 2. The number of ether oxygens (including phenoxy) is 2. The van der Waals surface area contributed by atoms with Crippen molar-refractivity contribution in [3.8, 4) is 11.6 Å². The molecule has 188 valence electrons. The number of rotatable bonds is 12. The summed E-state index contributed by atoms with van der Waals surface area (Å²) in [5, 5.41) is 13.7. The quantitative estimate of drug-likeness (QED) is 0.266. The van der Waals surface area contributed by atoms with Gasteiger partial charge in [-0.1, -0.05) is 27.7 Å². The standard InChI is InChI=1S/C24H35N5O3.C2H6/c1-3-9-29(10-4-2)22-17-21(19-25-27-20-5-7-23(30)8-6-20)26-24(18-22)32-16-13-28-11-14-31-15-12-28;1-2/h5-8,17-19,27,30H,3-4,9-16H2,1-2H3;1-2H3/b25-19+;. The van der Waals surface area contributed by atoms with E-state index in [1.807, 2.05) is 26.0 Å². The van der Waals surface area contributed by atoms with Gasteiger partial charge in [-0.3, -0.25) is 10.3 Å². The molecule has 2 aromatic rings. The number of pyridine rings is 1. The summed E-state index contributed by atoms with van der Waals surface area (Å²) >= 11 is 0. The molecule has 2 heterocycles. The molecule has 0 amide bonds. The predicted molar refractivity (Wildman–Crippen MR) is 140 cm³/mol. The summed E-state index contributed by atoms with van der Waals surface area (Å²) in [6.45, 7) is 15.2. The Hall–Kier alpha value is -2.84. The van der Waals surface area contributed by atoms with Crippen LogP contribution in [0.5, 0.6) is 11.6 Å². The molecule has 1 aliphatic rings. The fourth-order valence-electron chi connectivity index (χ4n) is 3.56. The molecule has 8 heteroatoms. The summed E-state index contributed by atoms with van der Waals surface area (Å²) in [6, 6.07) is 10.8. The normalized spacial score (nSPS) is 13.9. The van der Waals surface area contributed by atoms with Gasteiger partial charge in [-0.05, 0) is 43.2 Å². The first-order chi connectivity index (χ1) is 16.7. The van der Waals surface area contributed by atoms with Crippen LogP contribution in [-0.4, -0.2) is 73.7 Å². The first-order valence-electron chi connectivity index (χ1n) is 12.5. The Bertz CT molecular complexity index is 833. The fraction of sp³-hybridized carbons (Fsp3) is 0.538. The van der Waals surface area contributed by atoms with Crippen molar-refractivity contribution < 1.29 is 14.6 Å². The Morgan fingerprint density at radius 3 is 2.44 bits per heavy atom. The highest BCUT2D eigenvalue weighted by Gasteiger charge is 2.12. The van der Waals surface area contributed by atoms with Gasteiger partial charge >= 0.3 is 0 Å². The average molecular weight is 472 g/mol. The summed E-state index contributed by atoms with van der Waals surface area (Å²) in [7, 11) is 0. The Kier molecular flexibility index (Phi) is 12.8. The molecule has 1 aromatic heterocycles. The van der Waals surface area contributed by atoms with Crippen molar-refractivity contribution in [3.63, 3.8) is 0 Å². The zero-order valence-corrected chi connectivity index (χ0v) is 21.2. The van der Waals surface area contributed by atoms with Crippen LogP contribution in [0, 0.1) is 0 Å². The largest absolute Gasteiger partial charge is 0.508 e. The van der Waals surface area contributed by atoms with E-state index in [9.17, 15) is 5.11 Å². The van der Waals surface area contributed by atoms with E-state index in [1.165, 1.54) is 0 Å². The van der Waals surface area contributed by atoms with Gasteiger partial charge in [-0.25, -0.2) is 4.98 Å². The molecule has 0 saturated carbocycles. The van der Waals surface area contributed by atoms with E-state index in [-0.39, 0.29) is 5.75 Å². The van der Waals surface area contributed by atoms with Gasteiger partial charge < -0.3 is 19.5 Å². The summed E-state index contributed by atoms with van der Waals surface area (Å²) < 4.78 is 11.5. The van der Waals surface area contributed by atoms with Crippen molar-refractivity contribution in [2.45, 2.75) is 40.5 Å². The van der Waals surface area contributed by atoms with Gasteiger partial charge in [-0.15, -0.1) is 0 Å². The Morgan fingerprint density at radius 1 is 1.12 bits per heavy atom. The fourth-order valence-corrected chi connectivity index (χ4v) is 3.56. The zero-order chi connectivity index (χ0) is 24.6. The third-order valence-corrected chi connectivity index (χ3v) is 5.18. The van der Waals surface area contributed by atoms with Crippen LogP contribution in [0.15, 0.2) is 41.5 Å². The van der Waals surface area contributed by atoms with Crippen molar-refractivity contribution in [2.24, 2.45) is 5.10 Å². The molecule has 0 radical (unpaired) electrons. The molecular formula is C26H41N5O3. The maximum Gasteiger partial charge on any atom is 0.215 e. The van der Waals surface area contributed by atoms with Crippen LogP contribution in [0.25, 0.3) is 0 Å². The number of hydrazone groups is 1. The number of anilines is 2. The SMILES string of the molecule is CC.CCCN(CCC)c1cc(/C=N/Nc2ccc(O)cc2)nc(OCCN2CCOCC2)c1. The summed E-state index contributed by atoms with van der Waals surface area (Å²) in [4.78, 5) is 9.35. The third kappa shape index (κ3) is 9.57. The molecule has 1 fully saturated rings. The predicted octanol–water partition coefficient (Wildman–Crippen LogP) is 4.60. The minimum atomic E-state index is 0.222. The van der Waals surface area contributed by atoms with Crippen LogP contribution in [0.3, 0.4) is 0 Å². The molecule has 8 nitrogen and oxygen atoms in total. The molecule has 0 atom stereocenters. The van der Waals surface area contributed by atoms with Gasteiger partial charge in [0.2, 0.25) is 5.88 Å². The number of morpholine rings is 1. The number of hydrogen-bond acceptors (Lipinski definition) is 8. The summed E-state index contributed by atoms with van der Waals surface area (Å²) in [6.07, 6.45) is 3.84. The van der Waals surface area contributed by atoms with Gasteiger partial charge in [0.25, 0.3) is 0 Å². The van der Waals surface area contributed by atoms with Gasteiger partial charge in [-0.2, -0.15) is 5.10 Å².